The molecule has 1 atom stereocenters. The first-order valence-electron chi connectivity index (χ1n) is 8.32. The molecule has 118 valence electrons. The lowest BCUT2D eigenvalue weighted by Gasteiger charge is -2.36. The van der Waals surface area contributed by atoms with Gasteiger partial charge in [0.15, 0.2) is 11.6 Å². The molecular weight excluding hydrogens is 262 g/mol. The van der Waals surface area contributed by atoms with Crippen molar-refractivity contribution in [2.45, 2.75) is 46.1 Å². The van der Waals surface area contributed by atoms with Crippen LogP contribution in [0, 0.1) is 5.92 Å². The number of aromatic nitrogens is 1. The summed E-state index contributed by atoms with van der Waals surface area (Å²) in [6.45, 7) is 10.5. The number of hydrogen-bond donors (Lipinski definition) is 1. The van der Waals surface area contributed by atoms with Crippen molar-refractivity contribution in [2.24, 2.45) is 5.92 Å². The molecule has 2 rings (SSSR count). The number of nitrogens with zero attached hydrogens (tertiary/aromatic N) is 2. The van der Waals surface area contributed by atoms with E-state index in [1.54, 1.807) is 0 Å². The average Bonchev–Trinajstić information content (AvgIpc) is 2.53. The Balaban J connectivity index is 1.92. The third-order valence-corrected chi connectivity index (χ3v) is 4.31. The van der Waals surface area contributed by atoms with Gasteiger partial charge in [0.25, 0.3) is 0 Å². The molecule has 0 bridgehead atoms. The molecule has 0 amide bonds. The largest absolute Gasteiger partial charge is 0.490 e. The lowest BCUT2D eigenvalue weighted by Crippen LogP contribution is -2.42. The predicted octanol–water partition coefficient (Wildman–Crippen LogP) is 3.08. The molecule has 21 heavy (non-hydrogen) atoms. The minimum absolute atomic E-state index is 0.613. The topological polar surface area (TPSA) is 37.4 Å². The fourth-order valence-electron chi connectivity index (χ4n) is 3.04. The molecule has 4 nitrogen and oxygen atoms in total. The van der Waals surface area contributed by atoms with E-state index in [4.69, 9.17) is 4.74 Å². The minimum Gasteiger partial charge on any atom is -0.490 e. The Kier molecular flexibility index (Phi) is 6.30. The first-order valence-corrected chi connectivity index (χ1v) is 8.32. The fourth-order valence-corrected chi connectivity index (χ4v) is 3.04. The normalized spacial score (nSPS) is 17.8. The van der Waals surface area contributed by atoms with E-state index in [-0.39, 0.29) is 0 Å². The number of piperidine rings is 1. The Bertz CT molecular complexity index is 416. The van der Waals surface area contributed by atoms with Gasteiger partial charge in [-0.2, -0.15) is 0 Å². The molecule has 0 aromatic carbocycles. The van der Waals surface area contributed by atoms with Crippen molar-refractivity contribution in [3.8, 4) is 5.75 Å². The Labute approximate surface area is 128 Å². The van der Waals surface area contributed by atoms with Gasteiger partial charge in [0.05, 0.1) is 6.61 Å². The van der Waals surface area contributed by atoms with E-state index in [1.165, 1.54) is 19.3 Å². The summed E-state index contributed by atoms with van der Waals surface area (Å²) in [5.41, 5.74) is 0. The highest BCUT2D eigenvalue weighted by molar-refractivity contribution is 5.52. The van der Waals surface area contributed by atoms with Crippen molar-refractivity contribution < 1.29 is 4.74 Å². The van der Waals surface area contributed by atoms with Gasteiger partial charge in [-0.15, -0.1) is 0 Å². The predicted molar refractivity (Wildman–Crippen MR) is 88.1 cm³/mol. The fraction of sp³-hybridized carbons (Fsp3) is 0.706. The quantitative estimate of drug-likeness (QED) is 0.837. The molecule has 0 spiro atoms. The molecule has 2 heterocycles. The molecule has 1 N–H and O–H groups in total. The van der Waals surface area contributed by atoms with Gasteiger partial charge in [0.1, 0.15) is 0 Å². The van der Waals surface area contributed by atoms with Gasteiger partial charge in [0, 0.05) is 25.3 Å². The van der Waals surface area contributed by atoms with Crippen LogP contribution < -0.4 is 15.0 Å². The van der Waals surface area contributed by atoms with Gasteiger partial charge in [-0.25, -0.2) is 4.98 Å². The molecule has 1 aliphatic rings. The van der Waals surface area contributed by atoms with Crippen molar-refractivity contribution in [2.75, 3.05) is 31.1 Å². The summed E-state index contributed by atoms with van der Waals surface area (Å²) in [4.78, 5) is 6.89. The summed E-state index contributed by atoms with van der Waals surface area (Å²) in [6, 6.07) is 4.57. The van der Waals surface area contributed by atoms with E-state index in [2.05, 4.69) is 29.0 Å². The van der Waals surface area contributed by atoms with E-state index in [1.807, 2.05) is 25.3 Å². The van der Waals surface area contributed by atoms with E-state index in [9.17, 15) is 0 Å². The monoisotopic (exact) mass is 291 g/mol. The zero-order chi connectivity index (χ0) is 15.1. The summed E-state index contributed by atoms with van der Waals surface area (Å²) < 4.78 is 5.70. The van der Waals surface area contributed by atoms with Gasteiger partial charge in [0.2, 0.25) is 0 Å². The van der Waals surface area contributed by atoms with Crippen molar-refractivity contribution >= 4 is 5.82 Å². The van der Waals surface area contributed by atoms with Crippen LogP contribution in [0.15, 0.2) is 18.3 Å². The maximum atomic E-state index is 5.70. The molecule has 0 aliphatic carbocycles. The Morgan fingerprint density at radius 1 is 1.38 bits per heavy atom. The van der Waals surface area contributed by atoms with Gasteiger partial charge in [-0.3, -0.25) is 0 Å². The summed E-state index contributed by atoms with van der Waals surface area (Å²) in [5.74, 6) is 2.69. The minimum atomic E-state index is 0.613. The van der Waals surface area contributed by atoms with Crippen molar-refractivity contribution in [1.82, 2.24) is 10.3 Å². The van der Waals surface area contributed by atoms with Crippen molar-refractivity contribution in [3.63, 3.8) is 0 Å². The van der Waals surface area contributed by atoms with Crippen LogP contribution in [0.3, 0.4) is 0 Å². The number of anilines is 1. The lowest BCUT2D eigenvalue weighted by molar-refractivity contribution is 0.306. The third-order valence-electron chi connectivity index (χ3n) is 4.31. The summed E-state index contributed by atoms with van der Waals surface area (Å²) in [5, 5.41) is 3.63. The van der Waals surface area contributed by atoms with Crippen LogP contribution in [0.1, 0.15) is 40.0 Å². The number of rotatable bonds is 7. The molecule has 0 saturated carbocycles. The lowest BCUT2D eigenvalue weighted by atomic mass is 9.90. The zero-order valence-corrected chi connectivity index (χ0v) is 13.6. The smallest absolute Gasteiger partial charge is 0.171 e. The van der Waals surface area contributed by atoms with Gasteiger partial charge in [-0.1, -0.05) is 6.92 Å². The van der Waals surface area contributed by atoms with Crippen molar-refractivity contribution in [3.05, 3.63) is 18.3 Å². The number of nitrogens with one attached hydrogen (secondary N) is 1. The molecular formula is C17H29N3O. The van der Waals surface area contributed by atoms with Crippen LogP contribution in [0.5, 0.6) is 5.75 Å². The van der Waals surface area contributed by atoms with Crippen LogP contribution in [0.4, 0.5) is 5.82 Å². The van der Waals surface area contributed by atoms with E-state index >= 15 is 0 Å². The molecule has 4 heteroatoms. The molecule has 1 aromatic heterocycles. The summed E-state index contributed by atoms with van der Waals surface area (Å²) in [7, 11) is 0. The zero-order valence-electron chi connectivity index (χ0n) is 13.6. The average molecular weight is 291 g/mol. The van der Waals surface area contributed by atoms with Crippen LogP contribution in [0.25, 0.3) is 0 Å². The first kappa shape index (κ1) is 16.1. The van der Waals surface area contributed by atoms with Crippen LogP contribution >= 0.6 is 0 Å². The SMILES string of the molecule is CCCNC(C)C1CCN(c2ncccc2OCC)CC1. The number of ether oxygens (including phenoxy) is 1. The van der Waals surface area contributed by atoms with Crippen LogP contribution in [-0.4, -0.2) is 37.3 Å². The second-order valence-corrected chi connectivity index (χ2v) is 5.83. The number of hydrogen-bond acceptors (Lipinski definition) is 4. The Morgan fingerprint density at radius 3 is 2.81 bits per heavy atom. The number of pyridine rings is 1. The second kappa shape index (κ2) is 8.23. The van der Waals surface area contributed by atoms with Crippen LogP contribution in [0.2, 0.25) is 0 Å². The Hall–Kier alpha value is -1.29. The highest BCUT2D eigenvalue weighted by Crippen LogP contribution is 2.30. The second-order valence-electron chi connectivity index (χ2n) is 5.83. The van der Waals surface area contributed by atoms with Gasteiger partial charge >= 0.3 is 0 Å². The van der Waals surface area contributed by atoms with E-state index in [0.29, 0.717) is 12.6 Å². The van der Waals surface area contributed by atoms with E-state index < -0.39 is 0 Å². The summed E-state index contributed by atoms with van der Waals surface area (Å²) >= 11 is 0. The van der Waals surface area contributed by atoms with E-state index in [0.717, 1.165) is 37.1 Å². The standard InChI is InChI=1S/C17H29N3O/c1-4-10-18-14(3)15-8-12-20(13-9-15)17-16(21-5-2)7-6-11-19-17/h6-7,11,14-15,18H,4-5,8-10,12-13H2,1-3H3. The molecule has 1 aromatic rings. The third kappa shape index (κ3) is 4.34. The molecule has 0 radical (unpaired) electrons. The highest BCUT2D eigenvalue weighted by atomic mass is 16.5. The van der Waals surface area contributed by atoms with Crippen LogP contribution in [-0.2, 0) is 0 Å². The molecule has 1 aliphatic heterocycles. The maximum absolute atomic E-state index is 5.70. The first-order chi connectivity index (χ1) is 10.3. The van der Waals surface area contributed by atoms with Gasteiger partial charge < -0.3 is 15.0 Å². The molecule has 1 fully saturated rings. The Morgan fingerprint density at radius 2 is 2.14 bits per heavy atom. The molecule has 1 unspecified atom stereocenters. The maximum Gasteiger partial charge on any atom is 0.171 e. The summed E-state index contributed by atoms with van der Waals surface area (Å²) in [6.07, 6.45) is 5.50. The van der Waals surface area contributed by atoms with Gasteiger partial charge in [-0.05, 0) is 57.7 Å². The highest BCUT2D eigenvalue weighted by Gasteiger charge is 2.25. The molecule has 1 saturated heterocycles. The van der Waals surface area contributed by atoms with Crippen molar-refractivity contribution in [1.29, 1.82) is 0 Å².